The second-order valence-corrected chi connectivity index (χ2v) is 5.93. The number of nitrogens with one attached hydrogen (secondary N) is 2. The van der Waals surface area contributed by atoms with E-state index in [1.54, 1.807) is 0 Å². The Morgan fingerprint density at radius 2 is 1.84 bits per heavy atom. The highest BCUT2D eigenvalue weighted by molar-refractivity contribution is 5.62. The van der Waals surface area contributed by atoms with Gasteiger partial charge in [-0.05, 0) is 57.0 Å². The minimum atomic E-state index is 0.540. The largest absolute Gasteiger partial charge is 0.383 e. The van der Waals surface area contributed by atoms with Gasteiger partial charge in [-0.3, -0.25) is 0 Å². The molecular formula is C16H27N3. The summed E-state index contributed by atoms with van der Waals surface area (Å²) in [6, 6.07) is 2.82. The summed E-state index contributed by atoms with van der Waals surface area (Å²) in [5, 5.41) is 7.25. The third-order valence-corrected chi connectivity index (χ3v) is 4.35. The lowest BCUT2D eigenvalue weighted by Gasteiger charge is -2.31. The zero-order valence-corrected chi connectivity index (χ0v) is 12.9. The summed E-state index contributed by atoms with van der Waals surface area (Å²) in [5.74, 6) is 0. The van der Waals surface area contributed by atoms with Crippen molar-refractivity contribution in [2.24, 2.45) is 0 Å². The summed E-state index contributed by atoms with van der Waals surface area (Å²) >= 11 is 0. The van der Waals surface area contributed by atoms with Gasteiger partial charge in [0.1, 0.15) is 0 Å². The van der Waals surface area contributed by atoms with Crippen LogP contribution in [0.5, 0.6) is 0 Å². The van der Waals surface area contributed by atoms with Crippen LogP contribution in [0, 0.1) is 27.7 Å². The third-order valence-electron chi connectivity index (χ3n) is 4.35. The van der Waals surface area contributed by atoms with Crippen molar-refractivity contribution in [2.75, 3.05) is 38.5 Å². The molecule has 0 aliphatic carbocycles. The molecule has 3 heteroatoms. The molecule has 0 bridgehead atoms. The van der Waals surface area contributed by atoms with Gasteiger partial charge in [-0.2, -0.15) is 0 Å². The highest BCUT2D eigenvalue weighted by Crippen LogP contribution is 2.26. The van der Waals surface area contributed by atoms with Crippen molar-refractivity contribution in [1.82, 2.24) is 10.2 Å². The molecule has 2 N–H and O–H groups in total. The van der Waals surface area contributed by atoms with E-state index in [-0.39, 0.29) is 0 Å². The highest BCUT2D eigenvalue weighted by Gasteiger charge is 2.17. The fourth-order valence-corrected chi connectivity index (χ4v) is 2.84. The van der Waals surface area contributed by atoms with Crippen LogP contribution >= 0.6 is 0 Å². The topological polar surface area (TPSA) is 27.3 Å². The van der Waals surface area contributed by atoms with E-state index in [0.29, 0.717) is 6.04 Å². The molecule has 1 atom stereocenters. The lowest BCUT2D eigenvalue weighted by atomic mass is 9.98. The van der Waals surface area contributed by atoms with Crippen molar-refractivity contribution in [1.29, 1.82) is 0 Å². The van der Waals surface area contributed by atoms with Crippen LogP contribution in [0.15, 0.2) is 6.07 Å². The van der Waals surface area contributed by atoms with Crippen LogP contribution in [0.4, 0.5) is 5.69 Å². The molecule has 1 aromatic carbocycles. The second-order valence-electron chi connectivity index (χ2n) is 5.93. The average Bonchev–Trinajstić information content (AvgIpc) is 2.36. The number of piperazine rings is 1. The first-order chi connectivity index (χ1) is 8.99. The smallest absolute Gasteiger partial charge is 0.0405 e. The lowest BCUT2D eigenvalue weighted by Crippen LogP contribution is -2.51. The van der Waals surface area contributed by atoms with Crippen molar-refractivity contribution < 1.29 is 0 Å². The molecule has 19 heavy (non-hydrogen) atoms. The maximum Gasteiger partial charge on any atom is 0.0405 e. The number of benzene rings is 1. The predicted molar refractivity (Wildman–Crippen MR) is 83.2 cm³/mol. The van der Waals surface area contributed by atoms with Crippen molar-refractivity contribution in [2.45, 2.75) is 33.7 Å². The van der Waals surface area contributed by atoms with Gasteiger partial charge in [-0.1, -0.05) is 6.07 Å². The van der Waals surface area contributed by atoms with Gasteiger partial charge >= 0.3 is 0 Å². The number of aryl methyl sites for hydroxylation is 2. The lowest BCUT2D eigenvalue weighted by molar-refractivity contribution is 0.244. The minimum Gasteiger partial charge on any atom is -0.383 e. The van der Waals surface area contributed by atoms with E-state index in [9.17, 15) is 0 Å². The monoisotopic (exact) mass is 261 g/mol. The van der Waals surface area contributed by atoms with Crippen LogP contribution in [0.25, 0.3) is 0 Å². The van der Waals surface area contributed by atoms with Crippen LogP contribution in [-0.2, 0) is 0 Å². The first kappa shape index (κ1) is 14.4. The van der Waals surface area contributed by atoms with Crippen molar-refractivity contribution >= 4 is 5.69 Å². The van der Waals surface area contributed by atoms with Gasteiger partial charge in [-0.25, -0.2) is 0 Å². The van der Waals surface area contributed by atoms with E-state index in [0.717, 1.165) is 26.2 Å². The van der Waals surface area contributed by atoms with Gasteiger partial charge in [0.05, 0.1) is 0 Å². The fourth-order valence-electron chi connectivity index (χ4n) is 2.84. The Morgan fingerprint density at radius 3 is 2.42 bits per heavy atom. The molecule has 1 aliphatic rings. The molecule has 1 unspecified atom stereocenters. The van der Waals surface area contributed by atoms with Crippen molar-refractivity contribution in [3.63, 3.8) is 0 Å². The van der Waals surface area contributed by atoms with E-state index in [4.69, 9.17) is 0 Å². The molecule has 1 saturated heterocycles. The van der Waals surface area contributed by atoms with Crippen LogP contribution in [0.1, 0.15) is 22.3 Å². The number of rotatable bonds is 3. The third kappa shape index (κ3) is 3.28. The quantitative estimate of drug-likeness (QED) is 0.874. The summed E-state index contributed by atoms with van der Waals surface area (Å²) in [5.41, 5.74) is 6.84. The molecule has 0 radical (unpaired) electrons. The molecule has 0 amide bonds. The zero-order valence-electron chi connectivity index (χ0n) is 12.9. The van der Waals surface area contributed by atoms with E-state index >= 15 is 0 Å². The minimum absolute atomic E-state index is 0.540. The first-order valence-electron chi connectivity index (χ1n) is 7.22. The molecular weight excluding hydrogens is 234 g/mol. The van der Waals surface area contributed by atoms with E-state index in [1.165, 1.54) is 27.9 Å². The number of anilines is 1. The Morgan fingerprint density at radius 1 is 1.21 bits per heavy atom. The second kappa shape index (κ2) is 5.93. The molecule has 1 heterocycles. The molecule has 1 fully saturated rings. The van der Waals surface area contributed by atoms with Crippen molar-refractivity contribution in [3.8, 4) is 0 Å². The zero-order chi connectivity index (χ0) is 14.0. The van der Waals surface area contributed by atoms with Gasteiger partial charge < -0.3 is 15.5 Å². The van der Waals surface area contributed by atoms with E-state index < -0.39 is 0 Å². The number of likely N-dealkylation sites (N-methyl/N-ethyl adjacent to an activating group) is 1. The molecule has 0 saturated carbocycles. The summed E-state index contributed by atoms with van der Waals surface area (Å²) in [4.78, 5) is 2.39. The van der Waals surface area contributed by atoms with Crippen LogP contribution in [0.2, 0.25) is 0 Å². The number of hydrogen-bond acceptors (Lipinski definition) is 3. The molecule has 3 nitrogen and oxygen atoms in total. The van der Waals surface area contributed by atoms with Gasteiger partial charge in [-0.15, -0.1) is 0 Å². The normalized spacial score (nSPS) is 20.6. The molecule has 106 valence electrons. The van der Waals surface area contributed by atoms with Gasteiger partial charge in [0.25, 0.3) is 0 Å². The van der Waals surface area contributed by atoms with Crippen molar-refractivity contribution in [3.05, 3.63) is 28.3 Å². The van der Waals surface area contributed by atoms with Crippen LogP contribution < -0.4 is 10.6 Å². The summed E-state index contributed by atoms with van der Waals surface area (Å²) in [6.07, 6.45) is 0. The molecule has 1 aliphatic heterocycles. The maximum atomic E-state index is 3.66. The van der Waals surface area contributed by atoms with Gasteiger partial charge in [0, 0.05) is 37.9 Å². The predicted octanol–water partition coefficient (Wildman–Crippen LogP) is 2.24. The Balaban J connectivity index is 2.07. The van der Waals surface area contributed by atoms with Crippen LogP contribution in [-0.4, -0.2) is 44.2 Å². The summed E-state index contributed by atoms with van der Waals surface area (Å²) in [6.45, 7) is 13.2. The fraction of sp³-hybridized carbons (Fsp3) is 0.625. The van der Waals surface area contributed by atoms with E-state index in [2.05, 4.69) is 56.3 Å². The standard InChI is InChI=1S/C16H27N3/c1-11-8-12(2)14(4)16(13(11)3)18-9-15-10-19(5)7-6-17-15/h8,15,17-18H,6-7,9-10H2,1-5H3. The number of nitrogens with zero attached hydrogens (tertiary/aromatic N) is 1. The Labute approximate surface area is 117 Å². The molecule has 0 spiro atoms. The SMILES string of the molecule is Cc1cc(C)c(C)c(NCC2CN(C)CCN2)c1C. The first-order valence-corrected chi connectivity index (χ1v) is 7.22. The number of hydrogen-bond donors (Lipinski definition) is 2. The summed E-state index contributed by atoms with van der Waals surface area (Å²) in [7, 11) is 2.20. The Bertz CT molecular complexity index is 428. The maximum absolute atomic E-state index is 3.66. The Kier molecular flexibility index (Phi) is 4.48. The average molecular weight is 261 g/mol. The molecule has 1 aromatic rings. The molecule has 0 aromatic heterocycles. The summed E-state index contributed by atoms with van der Waals surface area (Å²) < 4.78 is 0. The van der Waals surface area contributed by atoms with Gasteiger partial charge in [0.15, 0.2) is 0 Å². The Hall–Kier alpha value is -1.06. The van der Waals surface area contributed by atoms with Crippen LogP contribution in [0.3, 0.4) is 0 Å². The molecule has 2 rings (SSSR count). The van der Waals surface area contributed by atoms with E-state index in [1.807, 2.05) is 0 Å². The van der Waals surface area contributed by atoms with Gasteiger partial charge in [0.2, 0.25) is 0 Å². The highest BCUT2D eigenvalue weighted by atomic mass is 15.2.